The SMILES string of the molecule is O=C(CCn1ccn2nc(-c3ccc(F)cc3)cc2c1=O)N1CCCCCC1. The van der Waals surface area contributed by atoms with E-state index in [9.17, 15) is 14.0 Å². The highest BCUT2D eigenvalue weighted by atomic mass is 19.1. The first-order valence-electron chi connectivity index (χ1n) is 9.74. The number of likely N-dealkylation sites (tertiary alicyclic amines) is 1. The number of benzene rings is 1. The molecule has 1 aliphatic heterocycles. The third-order valence-electron chi connectivity index (χ3n) is 5.27. The summed E-state index contributed by atoms with van der Waals surface area (Å²) < 4.78 is 16.2. The van der Waals surface area contributed by atoms with Crippen molar-refractivity contribution in [1.82, 2.24) is 19.1 Å². The van der Waals surface area contributed by atoms with Gasteiger partial charge in [-0.05, 0) is 43.2 Å². The van der Waals surface area contributed by atoms with Gasteiger partial charge < -0.3 is 9.47 Å². The minimum absolute atomic E-state index is 0.106. The summed E-state index contributed by atoms with van der Waals surface area (Å²) in [5, 5.41) is 4.40. The number of halogens is 1. The molecule has 146 valence electrons. The van der Waals surface area contributed by atoms with Crippen LogP contribution in [0.25, 0.3) is 16.8 Å². The zero-order chi connectivity index (χ0) is 19.5. The Bertz CT molecular complexity index is 1030. The normalized spacial score (nSPS) is 15.0. The molecule has 2 aromatic heterocycles. The lowest BCUT2D eigenvalue weighted by molar-refractivity contribution is -0.131. The van der Waals surface area contributed by atoms with Crippen molar-refractivity contribution >= 4 is 11.4 Å². The molecule has 1 aliphatic rings. The second kappa shape index (κ2) is 7.96. The molecule has 0 radical (unpaired) electrons. The van der Waals surface area contributed by atoms with Crippen LogP contribution < -0.4 is 5.56 Å². The lowest BCUT2D eigenvalue weighted by Crippen LogP contribution is -2.33. The average molecular weight is 382 g/mol. The van der Waals surface area contributed by atoms with Gasteiger partial charge in [-0.15, -0.1) is 0 Å². The Labute approximate surface area is 162 Å². The summed E-state index contributed by atoms with van der Waals surface area (Å²) in [5.41, 5.74) is 1.60. The van der Waals surface area contributed by atoms with Crippen LogP contribution in [-0.4, -0.2) is 38.1 Å². The molecule has 1 amide bonds. The number of hydrogen-bond acceptors (Lipinski definition) is 3. The van der Waals surface area contributed by atoms with Gasteiger partial charge in [-0.3, -0.25) is 9.59 Å². The number of rotatable bonds is 4. The first kappa shape index (κ1) is 18.4. The lowest BCUT2D eigenvalue weighted by Gasteiger charge is -2.20. The summed E-state index contributed by atoms with van der Waals surface area (Å²) in [4.78, 5) is 27.2. The molecule has 28 heavy (non-hydrogen) atoms. The van der Waals surface area contributed by atoms with Gasteiger partial charge in [0.1, 0.15) is 11.3 Å². The number of amides is 1. The van der Waals surface area contributed by atoms with Gasteiger partial charge in [0.15, 0.2) is 0 Å². The molecule has 6 nitrogen and oxygen atoms in total. The van der Waals surface area contributed by atoms with E-state index >= 15 is 0 Å². The Balaban J connectivity index is 1.52. The van der Waals surface area contributed by atoms with Crippen LogP contribution in [-0.2, 0) is 11.3 Å². The van der Waals surface area contributed by atoms with E-state index in [1.54, 1.807) is 35.2 Å². The molecule has 0 N–H and O–H groups in total. The van der Waals surface area contributed by atoms with Crippen LogP contribution >= 0.6 is 0 Å². The highest BCUT2D eigenvalue weighted by Crippen LogP contribution is 2.19. The molecule has 3 heterocycles. The molecule has 1 fully saturated rings. The van der Waals surface area contributed by atoms with Crippen molar-refractivity contribution in [2.45, 2.75) is 38.6 Å². The maximum Gasteiger partial charge on any atom is 0.276 e. The summed E-state index contributed by atoms with van der Waals surface area (Å²) in [6.07, 6.45) is 8.15. The largest absolute Gasteiger partial charge is 0.343 e. The van der Waals surface area contributed by atoms with Gasteiger partial charge in [0.2, 0.25) is 5.91 Å². The maximum atomic E-state index is 13.1. The van der Waals surface area contributed by atoms with Crippen LogP contribution in [0.3, 0.4) is 0 Å². The van der Waals surface area contributed by atoms with E-state index in [4.69, 9.17) is 0 Å². The molecule has 7 heteroatoms. The molecular weight excluding hydrogens is 359 g/mol. The summed E-state index contributed by atoms with van der Waals surface area (Å²) in [6.45, 7) is 1.98. The van der Waals surface area contributed by atoms with Crippen molar-refractivity contribution in [3.8, 4) is 11.3 Å². The van der Waals surface area contributed by atoms with Gasteiger partial charge in [-0.1, -0.05) is 12.8 Å². The van der Waals surface area contributed by atoms with Gasteiger partial charge in [-0.2, -0.15) is 5.10 Å². The summed E-state index contributed by atoms with van der Waals surface area (Å²) >= 11 is 0. The first-order chi connectivity index (χ1) is 13.6. The van der Waals surface area contributed by atoms with Crippen molar-refractivity contribution in [2.75, 3.05) is 13.1 Å². The third kappa shape index (κ3) is 3.83. The van der Waals surface area contributed by atoms with Crippen LogP contribution in [0, 0.1) is 5.82 Å². The highest BCUT2D eigenvalue weighted by Gasteiger charge is 2.16. The monoisotopic (exact) mass is 382 g/mol. The predicted molar refractivity (Wildman–Crippen MR) is 105 cm³/mol. The van der Waals surface area contributed by atoms with E-state index < -0.39 is 0 Å². The minimum atomic E-state index is -0.316. The fourth-order valence-electron chi connectivity index (χ4n) is 3.66. The first-order valence-corrected chi connectivity index (χ1v) is 9.74. The van der Waals surface area contributed by atoms with Crippen LogP contribution in [0.5, 0.6) is 0 Å². The van der Waals surface area contributed by atoms with Crippen molar-refractivity contribution in [3.63, 3.8) is 0 Å². The number of nitrogens with zero attached hydrogens (tertiary/aromatic N) is 4. The van der Waals surface area contributed by atoms with Crippen LogP contribution in [0.15, 0.2) is 47.5 Å². The van der Waals surface area contributed by atoms with E-state index in [1.807, 2.05) is 4.90 Å². The molecule has 4 rings (SSSR count). The number of aryl methyl sites for hydroxylation is 1. The minimum Gasteiger partial charge on any atom is -0.343 e. The third-order valence-corrected chi connectivity index (χ3v) is 5.27. The summed E-state index contributed by atoms with van der Waals surface area (Å²) in [5.74, 6) is -0.210. The van der Waals surface area contributed by atoms with Gasteiger partial charge in [0, 0.05) is 44.0 Å². The van der Waals surface area contributed by atoms with E-state index in [0.717, 1.165) is 31.5 Å². The molecule has 1 aromatic carbocycles. The van der Waals surface area contributed by atoms with E-state index in [1.165, 1.54) is 29.5 Å². The Morgan fingerprint density at radius 3 is 2.46 bits per heavy atom. The summed E-state index contributed by atoms with van der Waals surface area (Å²) in [6, 6.07) is 7.70. The molecule has 0 spiro atoms. The fraction of sp³-hybridized carbons (Fsp3) is 0.381. The zero-order valence-corrected chi connectivity index (χ0v) is 15.7. The van der Waals surface area contributed by atoms with Gasteiger partial charge in [-0.25, -0.2) is 8.91 Å². The molecular formula is C21H23FN4O2. The van der Waals surface area contributed by atoms with Crippen LogP contribution in [0.2, 0.25) is 0 Å². The molecule has 0 bridgehead atoms. The number of fused-ring (bicyclic) bond motifs is 1. The smallest absolute Gasteiger partial charge is 0.276 e. The Morgan fingerprint density at radius 2 is 1.75 bits per heavy atom. The number of aromatic nitrogens is 3. The Hall–Kier alpha value is -2.96. The second-order valence-electron chi connectivity index (χ2n) is 7.21. The van der Waals surface area contributed by atoms with Crippen LogP contribution in [0.4, 0.5) is 4.39 Å². The topological polar surface area (TPSA) is 59.6 Å². The summed E-state index contributed by atoms with van der Waals surface area (Å²) in [7, 11) is 0. The van der Waals surface area contributed by atoms with E-state index in [2.05, 4.69) is 5.10 Å². The maximum absolute atomic E-state index is 13.1. The van der Waals surface area contributed by atoms with E-state index in [0.29, 0.717) is 24.2 Å². The Morgan fingerprint density at radius 1 is 1.04 bits per heavy atom. The fourth-order valence-corrected chi connectivity index (χ4v) is 3.66. The van der Waals surface area contributed by atoms with Crippen molar-refractivity contribution < 1.29 is 9.18 Å². The molecule has 0 atom stereocenters. The van der Waals surface area contributed by atoms with E-state index in [-0.39, 0.29) is 17.3 Å². The van der Waals surface area contributed by atoms with Gasteiger partial charge in [0.05, 0.1) is 5.69 Å². The molecule has 0 aliphatic carbocycles. The molecule has 0 saturated carbocycles. The Kier molecular flexibility index (Phi) is 5.23. The van der Waals surface area contributed by atoms with Gasteiger partial charge >= 0.3 is 0 Å². The molecule has 3 aromatic rings. The number of hydrogen-bond donors (Lipinski definition) is 0. The van der Waals surface area contributed by atoms with Crippen molar-refractivity contribution in [1.29, 1.82) is 0 Å². The van der Waals surface area contributed by atoms with Gasteiger partial charge in [0.25, 0.3) is 5.56 Å². The number of carbonyl (C=O) groups is 1. The number of carbonyl (C=O) groups excluding carboxylic acids is 1. The second-order valence-corrected chi connectivity index (χ2v) is 7.21. The quantitative estimate of drug-likeness (QED) is 0.697. The molecule has 1 saturated heterocycles. The predicted octanol–water partition coefficient (Wildman–Crippen LogP) is 3.09. The van der Waals surface area contributed by atoms with Crippen LogP contribution in [0.1, 0.15) is 32.1 Å². The highest BCUT2D eigenvalue weighted by molar-refractivity contribution is 5.76. The average Bonchev–Trinajstić information content (AvgIpc) is 2.95. The zero-order valence-electron chi connectivity index (χ0n) is 15.7. The van der Waals surface area contributed by atoms with Crippen molar-refractivity contribution in [3.05, 3.63) is 58.9 Å². The van der Waals surface area contributed by atoms with Crippen molar-refractivity contribution in [2.24, 2.45) is 0 Å². The lowest BCUT2D eigenvalue weighted by atomic mass is 10.1. The standard InChI is InChI=1S/C21H23FN4O2/c22-17-7-5-16(6-8-17)18-15-19-21(28)25(13-14-26(19)23-18)12-9-20(27)24-10-3-1-2-4-11-24/h5-8,13-15H,1-4,9-12H2. The molecule has 0 unspecified atom stereocenters.